The van der Waals surface area contributed by atoms with E-state index in [1.165, 1.54) is 30.8 Å². The smallest absolute Gasteiger partial charge is 0.0165 e. The Kier molecular flexibility index (Phi) is 6.12. The Morgan fingerprint density at radius 2 is 2.00 bits per heavy atom. The summed E-state index contributed by atoms with van der Waals surface area (Å²) >= 11 is 0. The van der Waals surface area contributed by atoms with Crippen LogP contribution in [0.4, 0.5) is 0 Å². The van der Waals surface area contributed by atoms with Crippen molar-refractivity contribution in [3.8, 4) is 0 Å². The van der Waals surface area contributed by atoms with E-state index in [0.29, 0.717) is 0 Å². The van der Waals surface area contributed by atoms with E-state index >= 15 is 0 Å². The Bertz CT molecular complexity index is 156. The summed E-state index contributed by atoms with van der Waals surface area (Å²) in [5.41, 5.74) is 1.50. The van der Waals surface area contributed by atoms with Gasteiger partial charge < -0.3 is 0 Å². The van der Waals surface area contributed by atoms with Crippen LogP contribution in [0, 0.1) is 5.92 Å². The van der Waals surface area contributed by atoms with Gasteiger partial charge in [0.1, 0.15) is 0 Å². The zero-order valence-electron chi connectivity index (χ0n) is 7.35. The van der Waals surface area contributed by atoms with Gasteiger partial charge in [0.15, 0.2) is 0 Å². The fourth-order valence-corrected chi connectivity index (χ4v) is 1.16. The monoisotopic (exact) mass is 315 g/mol. The van der Waals surface area contributed by atoms with E-state index in [1.807, 2.05) is 0 Å². The van der Waals surface area contributed by atoms with Crippen LogP contribution in [0.1, 0.15) is 33.1 Å². The standard InChI is InChI=1S/C10H15.Hf/c1-3-4-5-10-7-6-9(2)8-10;/h6-8H,3-5H2,1-2H3;. The molecule has 1 radical (unpaired) electrons. The fourth-order valence-electron chi connectivity index (χ4n) is 1.16. The van der Waals surface area contributed by atoms with Gasteiger partial charge in [-0.3, -0.25) is 0 Å². The van der Waals surface area contributed by atoms with E-state index in [1.54, 1.807) is 0 Å². The molecule has 0 spiro atoms. The molecule has 1 rings (SSSR count). The summed E-state index contributed by atoms with van der Waals surface area (Å²) in [6.45, 7) is 4.38. The summed E-state index contributed by atoms with van der Waals surface area (Å²) in [5, 5.41) is 0. The zero-order chi connectivity index (χ0) is 7.40. The Hall–Kier alpha value is 0.350. The van der Waals surface area contributed by atoms with Crippen LogP contribution >= 0.6 is 0 Å². The molecule has 0 fully saturated rings. The Morgan fingerprint density at radius 1 is 1.27 bits per heavy atom. The first-order valence-corrected chi connectivity index (χ1v) is 4.05. The summed E-state index contributed by atoms with van der Waals surface area (Å²) in [5.74, 6) is 1.39. The average Bonchev–Trinajstić information content (AvgIpc) is 2.31. The minimum atomic E-state index is 0. The molecule has 0 amide bonds. The molecule has 0 aromatic carbocycles. The van der Waals surface area contributed by atoms with Crippen LogP contribution in [0.15, 0.2) is 23.8 Å². The maximum absolute atomic E-state index is 2.27. The molecule has 1 aliphatic rings. The normalized spacial score (nSPS) is 16.4. The molecule has 0 N–H and O–H groups in total. The number of hydrogen-bond acceptors (Lipinski definition) is 0. The van der Waals surface area contributed by atoms with Crippen LogP contribution in [0.3, 0.4) is 0 Å². The van der Waals surface area contributed by atoms with Crippen LogP contribution in [0.2, 0.25) is 0 Å². The van der Waals surface area contributed by atoms with E-state index in [4.69, 9.17) is 0 Å². The minimum absolute atomic E-state index is 0. The first kappa shape index (κ1) is 11.4. The maximum atomic E-state index is 2.27. The van der Waals surface area contributed by atoms with Crippen molar-refractivity contribution in [2.24, 2.45) is 0 Å². The molecule has 1 heteroatoms. The molecule has 0 aromatic rings. The zero-order valence-corrected chi connectivity index (χ0v) is 10.9. The molecule has 11 heavy (non-hydrogen) atoms. The van der Waals surface area contributed by atoms with Crippen LogP contribution in [0.25, 0.3) is 0 Å². The first-order valence-electron chi connectivity index (χ1n) is 4.05. The van der Waals surface area contributed by atoms with E-state index in [0.717, 1.165) is 0 Å². The molecule has 0 unspecified atom stereocenters. The largest absolute Gasteiger partial charge is 0.0734 e. The first-order chi connectivity index (χ1) is 4.83. The molecule has 0 nitrogen and oxygen atoms in total. The molecule has 0 aromatic heterocycles. The quantitative estimate of drug-likeness (QED) is 0.702. The van der Waals surface area contributed by atoms with Gasteiger partial charge in [-0.2, -0.15) is 0 Å². The van der Waals surface area contributed by atoms with Crippen molar-refractivity contribution in [3.05, 3.63) is 29.7 Å². The third kappa shape index (κ3) is 4.05. The number of rotatable bonds is 3. The van der Waals surface area contributed by atoms with Gasteiger partial charge in [0.05, 0.1) is 0 Å². The van der Waals surface area contributed by atoms with Gasteiger partial charge in [-0.25, -0.2) is 0 Å². The van der Waals surface area contributed by atoms with Crippen LogP contribution < -0.4 is 0 Å². The molecule has 0 bridgehead atoms. The molecule has 0 aliphatic heterocycles. The molecular weight excluding hydrogens is 299 g/mol. The van der Waals surface area contributed by atoms with Crippen molar-refractivity contribution < 1.29 is 25.8 Å². The van der Waals surface area contributed by atoms with Crippen molar-refractivity contribution in [2.45, 2.75) is 33.1 Å². The summed E-state index contributed by atoms with van der Waals surface area (Å²) in [6.07, 6.45) is 10.6. The maximum Gasteiger partial charge on any atom is 0.0165 e. The number of allylic oxidation sites excluding steroid dienone is 4. The van der Waals surface area contributed by atoms with Crippen molar-refractivity contribution in [1.29, 1.82) is 0 Å². The van der Waals surface area contributed by atoms with Gasteiger partial charge in [0, 0.05) is 31.8 Å². The van der Waals surface area contributed by atoms with Gasteiger partial charge in [-0.1, -0.05) is 44.1 Å². The van der Waals surface area contributed by atoms with Crippen LogP contribution in [-0.2, 0) is 25.8 Å². The van der Waals surface area contributed by atoms with Gasteiger partial charge in [0.25, 0.3) is 0 Å². The van der Waals surface area contributed by atoms with E-state index in [-0.39, 0.29) is 25.8 Å². The van der Waals surface area contributed by atoms with Crippen molar-refractivity contribution >= 4 is 0 Å². The second-order valence-electron chi connectivity index (χ2n) is 2.90. The van der Waals surface area contributed by atoms with E-state index < -0.39 is 0 Å². The van der Waals surface area contributed by atoms with Crippen molar-refractivity contribution in [2.75, 3.05) is 0 Å². The van der Waals surface area contributed by atoms with Crippen LogP contribution in [-0.4, -0.2) is 0 Å². The minimum Gasteiger partial charge on any atom is -0.0734 e. The molecule has 0 saturated carbocycles. The summed E-state index contributed by atoms with van der Waals surface area (Å²) < 4.78 is 0. The molecule has 1 aliphatic carbocycles. The number of hydrogen-bond donors (Lipinski definition) is 0. The third-order valence-corrected chi connectivity index (χ3v) is 1.79. The second-order valence-corrected chi connectivity index (χ2v) is 2.90. The Morgan fingerprint density at radius 3 is 2.45 bits per heavy atom. The number of unbranched alkanes of at least 4 members (excludes halogenated alkanes) is 1. The second kappa shape index (κ2) is 5.93. The summed E-state index contributed by atoms with van der Waals surface area (Å²) in [4.78, 5) is 0. The Labute approximate surface area is 88.5 Å². The van der Waals surface area contributed by atoms with E-state index in [2.05, 4.69) is 32.1 Å². The fraction of sp³-hybridized carbons (Fsp3) is 0.500. The van der Waals surface area contributed by atoms with Gasteiger partial charge >= 0.3 is 0 Å². The van der Waals surface area contributed by atoms with Crippen LogP contribution in [0.5, 0.6) is 0 Å². The summed E-state index contributed by atoms with van der Waals surface area (Å²) in [6, 6.07) is 0. The van der Waals surface area contributed by atoms with Gasteiger partial charge in [-0.05, 0) is 12.8 Å². The molecule has 59 valence electrons. The molecule has 0 saturated heterocycles. The topological polar surface area (TPSA) is 0 Å². The SMILES string of the molecule is CCCCC1=C[C](C)C=C1.[Hf]. The molecular formula is C10H15Hf. The third-order valence-electron chi connectivity index (χ3n) is 1.79. The van der Waals surface area contributed by atoms with Gasteiger partial charge in [-0.15, -0.1) is 0 Å². The summed E-state index contributed by atoms with van der Waals surface area (Å²) in [7, 11) is 0. The average molecular weight is 314 g/mol. The predicted octanol–water partition coefficient (Wildman–Crippen LogP) is 3.26. The van der Waals surface area contributed by atoms with E-state index in [9.17, 15) is 0 Å². The van der Waals surface area contributed by atoms with Gasteiger partial charge in [0.2, 0.25) is 0 Å². The predicted molar refractivity (Wildman–Crippen MR) is 45.7 cm³/mol. The molecule has 0 heterocycles. The molecule has 0 atom stereocenters. The van der Waals surface area contributed by atoms with Crippen molar-refractivity contribution in [1.82, 2.24) is 0 Å². The Balaban J connectivity index is 0.000001000. The van der Waals surface area contributed by atoms with Crippen molar-refractivity contribution in [3.63, 3.8) is 0 Å².